The van der Waals surface area contributed by atoms with Crippen LogP contribution in [0, 0.1) is 0 Å². The molecule has 0 aliphatic carbocycles. The van der Waals surface area contributed by atoms with E-state index in [1.54, 1.807) is 31.3 Å². The molecule has 1 aliphatic heterocycles. The van der Waals surface area contributed by atoms with Gasteiger partial charge in [-0.25, -0.2) is 0 Å². The molecule has 0 spiro atoms. The summed E-state index contributed by atoms with van der Waals surface area (Å²) in [7, 11) is 1.74. The van der Waals surface area contributed by atoms with Gasteiger partial charge in [0.05, 0.1) is 17.2 Å². The second kappa shape index (κ2) is 13.9. The van der Waals surface area contributed by atoms with Crippen molar-refractivity contribution < 1.29 is 14.3 Å². The van der Waals surface area contributed by atoms with Gasteiger partial charge in [0, 0.05) is 33.3 Å². The fourth-order valence-corrected chi connectivity index (χ4v) is 3.62. The number of benzene rings is 2. The molecule has 7 nitrogen and oxygen atoms in total. The number of guanidine groups is 1. The van der Waals surface area contributed by atoms with E-state index in [0.717, 1.165) is 31.8 Å². The van der Waals surface area contributed by atoms with Gasteiger partial charge in [-0.1, -0.05) is 42.5 Å². The number of nitrogens with one attached hydrogen (secondary N) is 2. The van der Waals surface area contributed by atoms with Gasteiger partial charge in [-0.3, -0.25) is 19.5 Å². The predicted molar refractivity (Wildman–Crippen MR) is 141 cm³/mol. The van der Waals surface area contributed by atoms with Crippen molar-refractivity contribution in [2.75, 3.05) is 33.3 Å². The van der Waals surface area contributed by atoms with E-state index in [0.29, 0.717) is 30.8 Å². The first-order valence-electron chi connectivity index (χ1n) is 11.2. The first-order valence-corrected chi connectivity index (χ1v) is 11.2. The highest BCUT2D eigenvalue weighted by Crippen LogP contribution is 2.22. The van der Waals surface area contributed by atoms with Crippen molar-refractivity contribution in [2.24, 2.45) is 4.99 Å². The Kier molecular flexibility index (Phi) is 11.3. The zero-order chi connectivity index (χ0) is 22.8. The molecule has 178 valence electrons. The molecule has 0 radical (unpaired) electrons. The number of nitrogens with zero attached hydrogens (tertiary/aromatic N) is 2. The van der Waals surface area contributed by atoms with E-state index in [1.165, 1.54) is 10.5 Å². The summed E-state index contributed by atoms with van der Waals surface area (Å²) in [5.41, 5.74) is 2.18. The van der Waals surface area contributed by atoms with Crippen LogP contribution in [0.5, 0.6) is 0 Å². The number of halogens is 1. The molecule has 2 aromatic rings. The monoisotopic (exact) mass is 564 g/mol. The number of aliphatic imine (C=N–C) groups is 1. The van der Waals surface area contributed by atoms with Crippen LogP contribution in [0.25, 0.3) is 0 Å². The third kappa shape index (κ3) is 7.53. The van der Waals surface area contributed by atoms with Crippen molar-refractivity contribution in [3.05, 3.63) is 71.3 Å². The molecule has 3 rings (SSSR count). The minimum atomic E-state index is -0.195. The molecule has 1 atom stereocenters. The molecule has 0 fully saturated rings. The summed E-state index contributed by atoms with van der Waals surface area (Å²) < 4.78 is 5.89. The largest absolute Gasteiger partial charge is 0.374 e. The lowest BCUT2D eigenvalue weighted by Gasteiger charge is -2.15. The Balaban J connectivity index is 0.00000385. The van der Waals surface area contributed by atoms with Crippen LogP contribution in [0.2, 0.25) is 0 Å². The van der Waals surface area contributed by atoms with Gasteiger partial charge in [0.25, 0.3) is 11.8 Å². The third-order valence-electron chi connectivity index (χ3n) is 5.45. The molecular weight excluding hydrogens is 531 g/mol. The van der Waals surface area contributed by atoms with E-state index in [1.807, 2.05) is 18.2 Å². The van der Waals surface area contributed by atoms with Crippen molar-refractivity contribution in [3.63, 3.8) is 0 Å². The second-order valence-electron chi connectivity index (χ2n) is 7.72. The minimum absolute atomic E-state index is 0. The van der Waals surface area contributed by atoms with Crippen molar-refractivity contribution in [3.8, 4) is 0 Å². The molecule has 1 heterocycles. The van der Waals surface area contributed by atoms with E-state index in [4.69, 9.17) is 4.74 Å². The lowest BCUT2D eigenvalue weighted by atomic mass is 10.1. The van der Waals surface area contributed by atoms with Crippen LogP contribution in [-0.2, 0) is 4.74 Å². The van der Waals surface area contributed by atoms with Crippen molar-refractivity contribution in [1.82, 2.24) is 15.5 Å². The number of ether oxygens (including phenoxy) is 1. The van der Waals surface area contributed by atoms with Gasteiger partial charge in [0.2, 0.25) is 0 Å². The molecule has 33 heavy (non-hydrogen) atoms. The number of rotatable bonds is 11. The highest BCUT2D eigenvalue weighted by atomic mass is 127. The maximum absolute atomic E-state index is 12.4. The van der Waals surface area contributed by atoms with Crippen LogP contribution in [0.4, 0.5) is 0 Å². The molecule has 0 bridgehead atoms. The van der Waals surface area contributed by atoms with E-state index < -0.39 is 0 Å². The molecule has 2 aromatic carbocycles. The Labute approximate surface area is 213 Å². The summed E-state index contributed by atoms with van der Waals surface area (Å²) in [6.07, 6.45) is 2.51. The maximum Gasteiger partial charge on any atom is 0.261 e. The lowest BCUT2D eigenvalue weighted by Crippen LogP contribution is -2.38. The highest BCUT2D eigenvalue weighted by molar-refractivity contribution is 14.0. The topological polar surface area (TPSA) is 83.0 Å². The Hall–Kier alpha value is -2.46. The number of carbonyl (C=O) groups is 2. The van der Waals surface area contributed by atoms with Gasteiger partial charge < -0.3 is 15.4 Å². The standard InChI is InChI=1S/C25H32N4O3.HI/c1-19(20-11-4-3-5-12-20)32-18-10-16-28-25(26-2)27-15-8-9-17-29-23(30)21-13-6-7-14-22(21)24(29)31;/h3-7,11-14,19H,8-10,15-18H2,1-2H3,(H2,26,27,28);1H. The molecule has 1 unspecified atom stereocenters. The summed E-state index contributed by atoms with van der Waals surface area (Å²) in [6, 6.07) is 17.2. The Bertz CT molecular complexity index is 901. The third-order valence-corrected chi connectivity index (χ3v) is 5.45. The summed E-state index contributed by atoms with van der Waals surface area (Å²) in [5.74, 6) is 0.349. The molecule has 8 heteroatoms. The Morgan fingerprint density at radius 1 is 0.909 bits per heavy atom. The quantitative estimate of drug-likeness (QED) is 0.142. The number of fused-ring (bicyclic) bond motifs is 1. The zero-order valence-electron chi connectivity index (χ0n) is 19.3. The van der Waals surface area contributed by atoms with Crippen LogP contribution in [0.3, 0.4) is 0 Å². The summed E-state index contributed by atoms with van der Waals surface area (Å²) in [6.45, 7) is 4.63. The van der Waals surface area contributed by atoms with E-state index in [2.05, 4.69) is 34.7 Å². The Morgan fingerprint density at radius 2 is 1.48 bits per heavy atom. The number of carbonyl (C=O) groups excluding carboxylic acids is 2. The number of unbranched alkanes of at least 4 members (excludes halogenated alkanes) is 1. The highest BCUT2D eigenvalue weighted by Gasteiger charge is 2.34. The lowest BCUT2D eigenvalue weighted by molar-refractivity contribution is 0.0643. The summed E-state index contributed by atoms with van der Waals surface area (Å²) in [5, 5.41) is 6.55. The number of hydrogen-bond donors (Lipinski definition) is 2. The fraction of sp³-hybridized carbons (Fsp3) is 0.400. The van der Waals surface area contributed by atoms with E-state index >= 15 is 0 Å². The molecule has 0 saturated heterocycles. The van der Waals surface area contributed by atoms with Crippen LogP contribution in [0.15, 0.2) is 59.6 Å². The first-order chi connectivity index (χ1) is 15.6. The molecule has 2 amide bonds. The van der Waals surface area contributed by atoms with Crippen molar-refractivity contribution in [1.29, 1.82) is 0 Å². The smallest absolute Gasteiger partial charge is 0.261 e. The summed E-state index contributed by atoms with van der Waals surface area (Å²) >= 11 is 0. The number of amides is 2. The van der Waals surface area contributed by atoms with E-state index in [-0.39, 0.29) is 41.9 Å². The van der Waals surface area contributed by atoms with Gasteiger partial charge in [0.15, 0.2) is 5.96 Å². The first kappa shape index (κ1) is 26.8. The zero-order valence-corrected chi connectivity index (χ0v) is 21.6. The molecule has 0 saturated carbocycles. The van der Waals surface area contributed by atoms with Gasteiger partial charge in [-0.2, -0.15) is 0 Å². The van der Waals surface area contributed by atoms with Gasteiger partial charge in [-0.05, 0) is 43.9 Å². The van der Waals surface area contributed by atoms with Gasteiger partial charge >= 0.3 is 0 Å². The average molecular weight is 564 g/mol. The van der Waals surface area contributed by atoms with Gasteiger partial charge in [-0.15, -0.1) is 24.0 Å². The van der Waals surface area contributed by atoms with Crippen molar-refractivity contribution >= 4 is 41.8 Å². The van der Waals surface area contributed by atoms with Crippen LogP contribution >= 0.6 is 24.0 Å². The molecule has 1 aliphatic rings. The molecular formula is C25H33IN4O3. The molecule has 2 N–H and O–H groups in total. The Morgan fingerprint density at radius 3 is 2.09 bits per heavy atom. The SMILES string of the molecule is CN=C(NCCCCN1C(=O)c2ccccc2C1=O)NCCCOC(C)c1ccccc1.I. The second-order valence-corrected chi connectivity index (χ2v) is 7.72. The van der Waals surface area contributed by atoms with E-state index in [9.17, 15) is 9.59 Å². The maximum atomic E-state index is 12.4. The minimum Gasteiger partial charge on any atom is -0.374 e. The number of hydrogen-bond acceptors (Lipinski definition) is 4. The average Bonchev–Trinajstić information content (AvgIpc) is 3.07. The number of imide groups is 1. The predicted octanol–water partition coefficient (Wildman–Crippen LogP) is 4.01. The van der Waals surface area contributed by atoms with Crippen molar-refractivity contribution in [2.45, 2.75) is 32.3 Å². The van der Waals surface area contributed by atoms with Crippen LogP contribution in [-0.4, -0.2) is 56.0 Å². The van der Waals surface area contributed by atoms with Crippen LogP contribution < -0.4 is 10.6 Å². The summed E-state index contributed by atoms with van der Waals surface area (Å²) in [4.78, 5) is 30.3. The van der Waals surface area contributed by atoms with Gasteiger partial charge in [0.1, 0.15) is 0 Å². The molecule has 0 aromatic heterocycles. The fourth-order valence-electron chi connectivity index (χ4n) is 3.62. The normalized spacial score (nSPS) is 14.0. The van der Waals surface area contributed by atoms with Crippen LogP contribution in [0.1, 0.15) is 58.6 Å².